The molecule has 0 aliphatic heterocycles. The van der Waals surface area contributed by atoms with Gasteiger partial charge in [0.1, 0.15) is 11.4 Å². The molecule has 3 aromatic rings. The number of nitrogens with zero attached hydrogens (tertiary/aromatic N) is 4. The lowest BCUT2D eigenvalue weighted by Gasteiger charge is -2.28. The molecule has 12 heteroatoms. The van der Waals surface area contributed by atoms with Crippen molar-refractivity contribution < 1.29 is 18.7 Å². The summed E-state index contributed by atoms with van der Waals surface area (Å²) in [5.41, 5.74) is 5.90. The molecule has 0 aliphatic rings. The lowest BCUT2D eigenvalue weighted by atomic mass is 10.0. The highest BCUT2D eigenvalue weighted by atomic mass is 19.1. The molecular formula is C26H35FN8O3. The standard InChI is InChI=1S/C26H35FN8O3/c1-6-7-9-21(16(2)31-25(37)38-26(3,4)5)33-24-20(27)13-19(22(28)36)23(34-24)32-17-12-18(15-29-14-17)35-11-8-10-30-35/h8,10-16,21H,6-7,9H2,1-5H3,(H2,28,36)(H,31,37)(H2,32,33,34)/t16-,21+/m0/s1. The maximum absolute atomic E-state index is 15.1. The number of nitrogens with two attached hydrogens (primary N) is 1. The van der Waals surface area contributed by atoms with E-state index >= 15 is 4.39 Å². The Morgan fingerprint density at radius 3 is 2.61 bits per heavy atom. The summed E-state index contributed by atoms with van der Waals surface area (Å²) in [6, 6.07) is 3.77. The van der Waals surface area contributed by atoms with Crippen LogP contribution in [0.1, 0.15) is 64.2 Å². The van der Waals surface area contributed by atoms with Crippen LogP contribution >= 0.6 is 0 Å². The first-order valence-corrected chi connectivity index (χ1v) is 12.4. The van der Waals surface area contributed by atoms with E-state index in [1.54, 1.807) is 63.1 Å². The van der Waals surface area contributed by atoms with Gasteiger partial charge in [-0.25, -0.2) is 18.9 Å². The third kappa shape index (κ3) is 7.89. The van der Waals surface area contributed by atoms with Gasteiger partial charge in [0, 0.05) is 24.5 Å². The van der Waals surface area contributed by atoms with Gasteiger partial charge in [-0.1, -0.05) is 19.8 Å². The number of carbonyl (C=O) groups is 2. The minimum absolute atomic E-state index is 0.0582. The molecule has 3 rings (SSSR count). The zero-order chi connectivity index (χ0) is 27.9. The highest BCUT2D eigenvalue weighted by Crippen LogP contribution is 2.26. The molecule has 0 saturated carbocycles. The minimum Gasteiger partial charge on any atom is -0.444 e. The lowest BCUT2D eigenvalue weighted by Crippen LogP contribution is -2.46. The van der Waals surface area contributed by atoms with Crippen LogP contribution in [0.5, 0.6) is 0 Å². The quantitative estimate of drug-likeness (QED) is 0.285. The number of unbranched alkanes of at least 4 members (excludes halogenated alkanes) is 1. The molecule has 3 aromatic heterocycles. The molecule has 11 nitrogen and oxygen atoms in total. The highest BCUT2D eigenvalue weighted by Gasteiger charge is 2.25. The maximum atomic E-state index is 15.1. The topological polar surface area (TPSA) is 149 Å². The Balaban J connectivity index is 1.88. The number of halogens is 1. The Morgan fingerprint density at radius 1 is 1.21 bits per heavy atom. The second-order valence-corrected chi connectivity index (χ2v) is 9.91. The van der Waals surface area contributed by atoms with E-state index < -0.39 is 29.5 Å². The number of amides is 2. The summed E-state index contributed by atoms with van der Waals surface area (Å²) < 4.78 is 22.1. The average Bonchev–Trinajstić information content (AvgIpc) is 3.37. The Hall–Kier alpha value is -4.22. The van der Waals surface area contributed by atoms with E-state index in [-0.39, 0.29) is 23.2 Å². The predicted molar refractivity (Wildman–Crippen MR) is 143 cm³/mol. The Bertz CT molecular complexity index is 1240. The molecule has 0 spiro atoms. The molecule has 0 unspecified atom stereocenters. The summed E-state index contributed by atoms with van der Waals surface area (Å²) in [5.74, 6) is -1.63. The molecule has 38 heavy (non-hydrogen) atoms. The van der Waals surface area contributed by atoms with Crippen molar-refractivity contribution in [3.8, 4) is 5.69 Å². The van der Waals surface area contributed by atoms with E-state index in [0.29, 0.717) is 17.8 Å². The van der Waals surface area contributed by atoms with Crippen molar-refractivity contribution in [2.75, 3.05) is 10.6 Å². The molecular weight excluding hydrogens is 491 g/mol. The number of rotatable bonds is 11. The predicted octanol–water partition coefficient (Wildman–Crippen LogP) is 4.53. The molecule has 0 aromatic carbocycles. The number of hydrogen-bond acceptors (Lipinski definition) is 8. The molecule has 0 fully saturated rings. The minimum atomic E-state index is -0.843. The number of ether oxygens (including phenoxy) is 1. The fourth-order valence-corrected chi connectivity index (χ4v) is 3.69. The molecule has 0 radical (unpaired) electrons. The number of alkyl carbamates (subject to hydrolysis) is 1. The van der Waals surface area contributed by atoms with Crippen molar-refractivity contribution in [2.45, 2.75) is 71.6 Å². The summed E-state index contributed by atoms with van der Waals surface area (Å²) in [4.78, 5) is 33.0. The van der Waals surface area contributed by atoms with Crippen LogP contribution in [-0.4, -0.2) is 49.4 Å². The van der Waals surface area contributed by atoms with Gasteiger partial charge in [0.2, 0.25) is 0 Å². The van der Waals surface area contributed by atoms with Crippen LogP contribution in [0.15, 0.2) is 43.0 Å². The van der Waals surface area contributed by atoms with Crippen molar-refractivity contribution in [1.29, 1.82) is 0 Å². The van der Waals surface area contributed by atoms with Crippen molar-refractivity contribution in [3.63, 3.8) is 0 Å². The van der Waals surface area contributed by atoms with Crippen LogP contribution in [-0.2, 0) is 4.74 Å². The third-order valence-electron chi connectivity index (χ3n) is 5.54. The first-order valence-electron chi connectivity index (χ1n) is 12.4. The number of aromatic nitrogens is 4. The molecule has 0 bridgehead atoms. The normalized spacial score (nSPS) is 12.9. The molecule has 0 aliphatic carbocycles. The van der Waals surface area contributed by atoms with Crippen molar-refractivity contribution in [3.05, 3.63) is 54.4 Å². The number of nitrogens with one attached hydrogen (secondary N) is 3. The SMILES string of the molecule is CCCC[C@@H](Nc1nc(Nc2cncc(-n3cccn3)c2)c(C(N)=O)cc1F)[C@H](C)NC(=O)OC(C)(C)C. The van der Waals surface area contributed by atoms with E-state index in [4.69, 9.17) is 10.5 Å². The van der Waals surface area contributed by atoms with Crippen molar-refractivity contribution in [1.82, 2.24) is 25.1 Å². The summed E-state index contributed by atoms with van der Waals surface area (Å²) in [6.07, 6.45) is 8.34. The lowest BCUT2D eigenvalue weighted by molar-refractivity contribution is 0.0502. The van der Waals surface area contributed by atoms with Crippen molar-refractivity contribution in [2.24, 2.45) is 5.73 Å². The number of anilines is 3. The van der Waals surface area contributed by atoms with Gasteiger partial charge in [-0.2, -0.15) is 5.10 Å². The van der Waals surface area contributed by atoms with Crippen LogP contribution in [0.4, 0.5) is 26.5 Å². The Kier molecular flexibility index (Phi) is 9.21. The second kappa shape index (κ2) is 12.3. The number of hydrogen-bond donors (Lipinski definition) is 4. The third-order valence-corrected chi connectivity index (χ3v) is 5.54. The van der Waals surface area contributed by atoms with E-state index in [1.807, 2.05) is 6.92 Å². The van der Waals surface area contributed by atoms with Gasteiger partial charge in [-0.15, -0.1) is 0 Å². The van der Waals surface area contributed by atoms with Gasteiger partial charge in [0.15, 0.2) is 11.6 Å². The van der Waals surface area contributed by atoms with E-state index in [9.17, 15) is 9.59 Å². The van der Waals surface area contributed by atoms with Gasteiger partial charge in [0.25, 0.3) is 5.91 Å². The molecule has 2 atom stereocenters. The van der Waals surface area contributed by atoms with Crippen LogP contribution in [0.3, 0.4) is 0 Å². The monoisotopic (exact) mass is 526 g/mol. The van der Waals surface area contributed by atoms with E-state index in [1.165, 1.54) is 6.20 Å². The Labute approximate surface area is 221 Å². The van der Waals surface area contributed by atoms with Crippen LogP contribution in [0.2, 0.25) is 0 Å². The Morgan fingerprint density at radius 2 is 1.97 bits per heavy atom. The van der Waals surface area contributed by atoms with Crippen LogP contribution < -0.4 is 21.7 Å². The molecule has 2 amide bonds. The van der Waals surface area contributed by atoms with Gasteiger partial charge in [0.05, 0.1) is 29.3 Å². The second-order valence-electron chi connectivity index (χ2n) is 9.91. The van der Waals surface area contributed by atoms with Gasteiger partial charge in [-0.05, 0) is 52.3 Å². The summed E-state index contributed by atoms with van der Waals surface area (Å²) >= 11 is 0. The fraction of sp³-hybridized carbons (Fsp3) is 0.423. The zero-order valence-corrected chi connectivity index (χ0v) is 22.3. The first kappa shape index (κ1) is 28.4. The number of pyridine rings is 2. The first-order chi connectivity index (χ1) is 18.0. The molecule has 3 heterocycles. The van der Waals surface area contributed by atoms with Gasteiger partial charge in [-0.3, -0.25) is 9.78 Å². The summed E-state index contributed by atoms with van der Waals surface area (Å²) in [5, 5.41) is 13.1. The molecule has 0 saturated heterocycles. The van der Waals surface area contributed by atoms with E-state index in [0.717, 1.165) is 18.9 Å². The van der Waals surface area contributed by atoms with Crippen molar-refractivity contribution >= 4 is 29.3 Å². The van der Waals surface area contributed by atoms with Gasteiger partial charge >= 0.3 is 6.09 Å². The number of carbonyl (C=O) groups excluding carboxylic acids is 2. The van der Waals surface area contributed by atoms with E-state index in [2.05, 4.69) is 31.0 Å². The summed E-state index contributed by atoms with van der Waals surface area (Å²) in [6.45, 7) is 9.17. The molecule has 204 valence electrons. The highest BCUT2D eigenvalue weighted by molar-refractivity contribution is 5.98. The van der Waals surface area contributed by atoms with Gasteiger partial charge < -0.3 is 26.4 Å². The van der Waals surface area contributed by atoms with Crippen LogP contribution in [0.25, 0.3) is 5.69 Å². The zero-order valence-electron chi connectivity index (χ0n) is 22.3. The smallest absolute Gasteiger partial charge is 0.407 e. The average molecular weight is 527 g/mol. The molecule has 5 N–H and O–H groups in total. The van der Waals surface area contributed by atoms with Crippen LogP contribution in [0, 0.1) is 5.82 Å². The fourth-order valence-electron chi connectivity index (χ4n) is 3.69. The maximum Gasteiger partial charge on any atom is 0.407 e. The largest absolute Gasteiger partial charge is 0.444 e. The number of primary amides is 1. The summed E-state index contributed by atoms with van der Waals surface area (Å²) in [7, 11) is 0.